The summed E-state index contributed by atoms with van der Waals surface area (Å²) in [5.74, 6) is 0.0652. The minimum Gasteiger partial charge on any atom is -0.504 e. The van der Waals surface area contributed by atoms with Crippen LogP contribution in [-0.4, -0.2) is 47.0 Å². The van der Waals surface area contributed by atoms with Crippen molar-refractivity contribution in [2.45, 2.75) is 19.8 Å². The molecule has 0 bridgehead atoms. The van der Waals surface area contributed by atoms with E-state index in [-0.39, 0.29) is 29.6 Å². The molecule has 2 aliphatic rings. The molecule has 1 saturated heterocycles. The van der Waals surface area contributed by atoms with Gasteiger partial charge in [0.2, 0.25) is 5.88 Å². The number of fused-ring (bicyclic) bond motifs is 1. The lowest BCUT2D eigenvalue weighted by Gasteiger charge is -2.16. The quantitative estimate of drug-likeness (QED) is 0.782. The standard InChI is InChI=1S/C19H20N4O4/c1-2-26-19(25)15-16(24)14(27-18(15)22-23-8-3-4-9-23)10-12-11-21-17-13(12)6-5-7-20-17/h5-7,10-11,22,24H,2-4,8-9H2,1H3. The summed E-state index contributed by atoms with van der Waals surface area (Å²) in [5, 5.41) is 12.6. The van der Waals surface area contributed by atoms with Crippen LogP contribution in [0.4, 0.5) is 11.7 Å². The Morgan fingerprint density at radius 1 is 1.44 bits per heavy atom. The average Bonchev–Trinajstić information content (AvgIpc) is 3.37. The summed E-state index contributed by atoms with van der Waals surface area (Å²) in [4.78, 5) is 20.8. The van der Waals surface area contributed by atoms with E-state index in [1.54, 1.807) is 25.4 Å². The van der Waals surface area contributed by atoms with Gasteiger partial charge >= 0.3 is 5.97 Å². The van der Waals surface area contributed by atoms with Crippen molar-refractivity contribution >= 4 is 35.5 Å². The van der Waals surface area contributed by atoms with Gasteiger partial charge in [-0.05, 0) is 38.0 Å². The molecule has 2 N–H and O–H groups in total. The van der Waals surface area contributed by atoms with E-state index in [0.29, 0.717) is 5.82 Å². The molecule has 0 saturated carbocycles. The van der Waals surface area contributed by atoms with E-state index in [1.165, 1.54) is 0 Å². The van der Waals surface area contributed by atoms with E-state index >= 15 is 0 Å². The highest BCUT2D eigenvalue weighted by atomic mass is 16.5. The number of hydrogen-bond donors (Lipinski definition) is 2. The Kier molecular flexibility index (Phi) is 4.64. The Hall–Kier alpha value is -3.13. The lowest BCUT2D eigenvalue weighted by molar-refractivity contribution is 0.0523. The summed E-state index contributed by atoms with van der Waals surface area (Å²) in [7, 11) is 0. The van der Waals surface area contributed by atoms with Gasteiger partial charge in [0, 0.05) is 36.6 Å². The van der Waals surface area contributed by atoms with Crippen molar-refractivity contribution in [3.8, 4) is 5.75 Å². The van der Waals surface area contributed by atoms with Crippen LogP contribution in [0.1, 0.15) is 41.4 Å². The number of esters is 1. The molecule has 2 aliphatic heterocycles. The number of allylic oxidation sites excluding steroid dienone is 1. The highest BCUT2D eigenvalue weighted by Crippen LogP contribution is 2.38. The third-order valence-electron chi connectivity index (χ3n) is 4.46. The predicted octanol–water partition coefficient (Wildman–Crippen LogP) is 3.24. The molecule has 2 aromatic heterocycles. The Morgan fingerprint density at radius 2 is 2.26 bits per heavy atom. The van der Waals surface area contributed by atoms with Gasteiger partial charge in [0.15, 0.2) is 22.9 Å². The zero-order valence-corrected chi connectivity index (χ0v) is 14.9. The molecular weight excluding hydrogens is 348 g/mol. The summed E-state index contributed by atoms with van der Waals surface area (Å²) >= 11 is 0. The minimum atomic E-state index is -0.632. The summed E-state index contributed by atoms with van der Waals surface area (Å²) in [6.45, 7) is 3.59. The smallest absolute Gasteiger partial charge is 0.347 e. The van der Waals surface area contributed by atoms with Crippen LogP contribution in [0.2, 0.25) is 0 Å². The van der Waals surface area contributed by atoms with Crippen LogP contribution in [0.3, 0.4) is 0 Å². The third kappa shape index (κ3) is 3.31. The Labute approximate surface area is 156 Å². The number of anilines is 1. The van der Waals surface area contributed by atoms with Gasteiger partial charge in [-0.1, -0.05) is 0 Å². The molecule has 0 amide bonds. The van der Waals surface area contributed by atoms with E-state index in [0.717, 1.165) is 37.1 Å². The van der Waals surface area contributed by atoms with E-state index in [1.807, 2.05) is 17.1 Å². The first kappa shape index (κ1) is 17.3. The molecule has 1 fully saturated rings. The fourth-order valence-corrected chi connectivity index (χ4v) is 3.16. The zero-order chi connectivity index (χ0) is 18.8. The number of hydrogen-bond acceptors (Lipinski definition) is 8. The van der Waals surface area contributed by atoms with E-state index in [9.17, 15) is 9.90 Å². The number of rotatable bonds is 5. The molecular formula is C19H20N4O4. The number of nitrogens with zero attached hydrogens (tertiary/aromatic N) is 3. The molecule has 0 aliphatic carbocycles. The van der Waals surface area contributed by atoms with E-state index < -0.39 is 5.97 Å². The molecule has 8 nitrogen and oxygen atoms in total. The second kappa shape index (κ2) is 7.24. The van der Waals surface area contributed by atoms with Gasteiger partial charge in [0.05, 0.1) is 6.61 Å². The molecule has 0 aromatic carbocycles. The fourth-order valence-electron chi connectivity index (χ4n) is 3.16. The predicted molar refractivity (Wildman–Crippen MR) is 101 cm³/mol. The number of aromatic hydroxyl groups is 1. The molecule has 4 heterocycles. The van der Waals surface area contributed by atoms with E-state index in [2.05, 4.69) is 15.4 Å². The maximum absolute atomic E-state index is 12.4. The number of aromatic nitrogens is 1. The number of hydrazine groups is 1. The van der Waals surface area contributed by atoms with Gasteiger partial charge in [-0.2, -0.15) is 0 Å². The summed E-state index contributed by atoms with van der Waals surface area (Å²) in [6, 6.07) is 3.70. The van der Waals surface area contributed by atoms with Crippen molar-refractivity contribution < 1.29 is 19.1 Å². The van der Waals surface area contributed by atoms with Crippen LogP contribution in [0, 0.1) is 0 Å². The molecule has 0 radical (unpaired) electrons. The number of furan rings is 1. The van der Waals surface area contributed by atoms with Crippen molar-refractivity contribution in [3.05, 3.63) is 35.2 Å². The summed E-state index contributed by atoms with van der Waals surface area (Å²) < 4.78 is 10.9. The van der Waals surface area contributed by atoms with Gasteiger partial charge in [0.25, 0.3) is 0 Å². The van der Waals surface area contributed by atoms with Gasteiger partial charge in [-0.25, -0.2) is 19.8 Å². The van der Waals surface area contributed by atoms with Crippen molar-refractivity contribution in [2.75, 3.05) is 25.1 Å². The van der Waals surface area contributed by atoms with Crippen LogP contribution in [0.5, 0.6) is 5.75 Å². The fraction of sp³-hybridized carbons (Fsp3) is 0.316. The molecule has 0 atom stereocenters. The minimum absolute atomic E-state index is 0.00283. The van der Waals surface area contributed by atoms with Crippen LogP contribution in [-0.2, 0) is 4.74 Å². The second-order valence-electron chi connectivity index (χ2n) is 6.28. The zero-order valence-electron chi connectivity index (χ0n) is 14.9. The molecule has 27 heavy (non-hydrogen) atoms. The Morgan fingerprint density at radius 3 is 3.04 bits per heavy atom. The molecule has 2 aromatic rings. The van der Waals surface area contributed by atoms with Crippen molar-refractivity contribution in [3.63, 3.8) is 0 Å². The van der Waals surface area contributed by atoms with Crippen LogP contribution >= 0.6 is 0 Å². The SMILES string of the molecule is CCOC(=O)c1c(NN2CCCC2)oc(C=C2C=Nc3ncccc32)c1O. The lowest BCUT2D eigenvalue weighted by Crippen LogP contribution is -2.26. The van der Waals surface area contributed by atoms with Crippen molar-refractivity contribution in [1.82, 2.24) is 9.99 Å². The first-order valence-corrected chi connectivity index (χ1v) is 8.93. The third-order valence-corrected chi connectivity index (χ3v) is 4.46. The number of nitrogens with one attached hydrogen (secondary N) is 1. The molecule has 140 valence electrons. The normalized spacial score (nSPS) is 17.4. The van der Waals surface area contributed by atoms with Gasteiger partial charge in [-0.3, -0.25) is 5.43 Å². The van der Waals surface area contributed by atoms with Crippen molar-refractivity contribution in [2.24, 2.45) is 4.99 Å². The monoisotopic (exact) mass is 368 g/mol. The largest absolute Gasteiger partial charge is 0.504 e. The number of pyridine rings is 1. The lowest BCUT2D eigenvalue weighted by atomic mass is 10.1. The Bertz CT molecular complexity index is 926. The van der Waals surface area contributed by atoms with Gasteiger partial charge < -0.3 is 14.3 Å². The molecule has 4 rings (SSSR count). The summed E-state index contributed by atoms with van der Waals surface area (Å²) in [5.41, 5.74) is 4.66. The first-order valence-electron chi connectivity index (χ1n) is 8.93. The van der Waals surface area contributed by atoms with Crippen LogP contribution < -0.4 is 5.43 Å². The Balaban J connectivity index is 1.72. The number of carbonyl (C=O) groups is 1. The highest BCUT2D eigenvalue weighted by Gasteiger charge is 2.28. The maximum atomic E-state index is 12.4. The maximum Gasteiger partial charge on any atom is 0.347 e. The molecule has 0 spiro atoms. The summed E-state index contributed by atoms with van der Waals surface area (Å²) in [6.07, 6.45) is 7.08. The van der Waals surface area contributed by atoms with E-state index in [4.69, 9.17) is 9.15 Å². The topological polar surface area (TPSA) is 100 Å². The molecule has 0 unspecified atom stereocenters. The van der Waals surface area contributed by atoms with Crippen LogP contribution in [0.25, 0.3) is 11.6 Å². The number of ether oxygens (including phenoxy) is 1. The average molecular weight is 368 g/mol. The molecule has 8 heteroatoms. The van der Waals surface area contributed by atoms with Gasteiger partial charge in [0.1, 0.15) is 0 Å². The second-order valence-corrected chi connectivity index (χ2v) is 6.28. The number of carbonyl (C=O) groups excluding carboxylic acids is 1. The van der Waals surface area contributed by atoms with Crippen LogP contribution in [0.15, 0.2) is 27.7 Å². The highest BCUT2D eigenvalue weighted by molar-refractivity contribution is 6.21. The number of aliphatic imine (C=N–C) groups is 1. The van der Waals surface area contributed by atoms with Crippen molar-refractivity contribution in [1.29, 1.82) is 0 Å². The first-order chi connectivity index (χ1) is 13.2. The van der Waals surface area contributed by atoms with Gasteiger partial charge in [-0.15, -0.1) is 0 Å².